The number of nitrogens with zero attached hydrogens (tertiary/aromatic N) is 1. The SMILES string of the molecule is OC1CC1.c1ccncc1. The lowest BCUT2D eigenvalue weighted by Gasteiger charge is -1.70. The summed E-state index contributed by atoms with van der Waals surface area (Å²) in [5.74, 6) is 0. The Labute approximate surface area is 60.5 Å². The third-order valence-corrected chi connectivity index (χ3v) is 1.11. The van der Waals surface area contributed by atoms with E-state index in [2.05, 4.69) is 4.98 Å². The van der Waals surface area contributed by atoms with E-state index in [4.69, 9.17) is 5.11 Å². The predicted molar refractivity (Wildman–Crippen MR) is 39.5 cm³/mol. The number of hydrogen-bond acceptors (Lipinski definition) is 2. The van der Waals surface area contributed by atoms with E-state index in [1.165, 1.54) is 0 Å². The van der Waals surface area contributed by atoms with Crippen LogP contribution >= 0.6 is 0 Å². The van der Waals surface area contributed by atoms with E-state index < -0.39 is 0 Å². The first-order chi connectivity index (χ1) is 4.89. The quantitative estimate of drug-likeness (QED) is 0.583. The van der Waals surface area contributed by atoms with Gasteiger partial charge in [0.1, 0.15) is 0 Å². The summed E-state index contributed by atoms with van der Waals surface area (Å²) >= 11 is 0. The molecule has 0 spiro atoms. The van der Waals surface area contributed by atoms with Crippen LogP contribution in [0, 0.1) is 0 Å². The highest BCUT2D eigenvalue weighted by Gasteiger charge is 2.15. The summed E-state index contributed by atoms with van der Waals surface area (Å²) in [6.45, 7) is 0. The number of rotatable bonds is 0. The van der Waals surface area contributed by atoms with E-state index in [9.17, 15) is 0 Å². The van der Waals surface area contributed by atoms with Crippen molar-refractivity contribution in [3.8, 4) is 0 Å². The summed E-state index contributed by atoms with van der Waals surface area (Å²) in [4.78, 5) is 3.78. The van der Waals surface area contributed by atoms with Crippen LogP contribution in [-0.2, 0) is 0 Å². The molecular weight excluding hydrogens is 126 g/mol. The van der Waals surface area contributed by atoms with E-state index in [0.717, 1.165) is 12.8 Å². The molecule has 1 N–H and O–H groups in total. The van der Waals surface area contributed by atoms with Gasteiger partial charge < -0.3 is 5.11 Å². The van der Waals surface area contributed by atoms with Crippen LogP contribution in [0.1, 0.15) is 12.8 Å². The van der Waals surface area contributed by atoms with Gasteiger partial charge in [0.2, 0.25) is 0 Å². The van der Waals surface area contributed by atoms with E-state index in [-0.39, 0.29) is 6.10 Å². The van der Waals surface area contributed by atoms with Gasteiger partial charge in [-0.05, 0) is 25.0 Å². The highest BCUT2D eigenvalue weighted by molar-refractivity contribution is 4.88. The molecular formula is C8H11NO. The van der Waals surface area contributed by atoms with Crippen molar-refractivity contribution in [2.45, 2.75) is 18.9 Å². The molecule has 2 heteroatoms. The molecule has 2 nitrogen and oxygen atoms in total. The fraction of sp³-hybridized carbons (Fsp3) is 0.375. The molecule has 1 fully saturated rings. The zero-order valence-electron chi connectivity index (χ0n) is 5.77. The topological polar surface area (TPSA) is 33.1 Å². The minimum absolute atomic E-state index is 0.0833. The first-order valence-corrected chi connectivity index (χ1v) is 3.42. The van der Waals surface area contributed by atoms with Crippen molar-refractivity contribution >= 4 is 0 Å². The summed E-state index contributed by atoms with van der Waals surface area (Å²) in [6, 6.07) is 5.72. The Morgan fingerprint density at radius 1 is 1.10 bits per heavy atom. The largest absolute Gasteiger partial charge is 0.393 e. The predicted octanol–water partition coefficient (Wildman–Crippen LogP) is 1.22. The summed E-state index contributed by atoms with van der Waals surface area (Å²) in [7, 11) is 0. The minimum atomic E-state index is 0.0833. The molecule has 2 rings (SSSR count). The molecule has 0 aromatic carbocycles. The average molecular weight is 137 g/mol. The Kier molecular flexibility index (Phi) is 2.90. The van der Waals surface area contributed by atoms with Gasteiger partial charge >= 0.3 is 0 Å². The first-order valence-electron chi connectivity index (χ1n) is 3.42. The molecule has 1 aromatic heterocycles. The Hall–Kier alpha value is -0.890. The normalized spacial score (nSPS) is 15.3. The molecule has 0 radical (unpaired) electrons. The lowest BCUT2D eigenvalue weighted by atomic mass is 10.5. The molecule has 54 valence electrons. The van der Waals surface area contributed by atoms with Crippen LogP contribution in [0.15, 0.2) is 30.6 Å². The van der Waals surface area contributed by atoms with E-state index in [0.29, 0.717) is 0 Å². The second kappa shape index (κ2) is 4.01. The fourth-order valence-electron chi connectivity index (χ4n) is 0.387. The number of aliphatic hydroxyl groups is 1. The molecule has 0 unspecified atom stereocenters. The van der Waals surface area contributed by atoms with Gasteiger partial charge in [-0.2, -0.15) is 0 Å². The third kappa shape index (κ3) is 4.04. The van der Waals surface area contributed by atoms with Crippen molar-refractivity contribution in [3.05, 3.63) is 30.6 Å². The Morgan fingerprint density at radius 3 is 1.70 bits per heavy atom. The summed E-state index contributed by atoms with van der Waals surface area (Å²) in [6.07, 6.45) is 5.67. The smallest absolute Gasteiger partial charge is 0.0542 e. The number of hydrogen-bond donors (Lipinski definition) is 1. The van der Waals surface area contributed by atoms with E-state index in [1.54, 1.807) is 12.4 Å². The van der Waals surface area contributed by atoms with Gasteiger partial charge in [0.05, 0.1) is 6.10 Å². The molecule has 0 atom stereocenters. The summed E-state index contributed by atoms with van der Waals surface area (Å²) in [5, 5.41) is 8.17. The molecule has 0 amide bonds. The standard InChI is InChI=1S/C5H5N.C3H6O/c1-2-4-6-5-3-1;4-3-1-2-3/h1-5H;3-4H,1-2H2. The molecule has 10 heavy (non-hydrogen) atoms. The van der Waals surface area contributed by atoms with Gasteiger partial charge in [0.15, 0.2) is 0 Å². The second-order valence-electron chi connectivity index (χ2n) is 2.26. The van der Waals surface area contributed by atoms with Crippen LogP contribution < -0.4 is 0 Å². The third-order valence-electron chi connectivity index (χ3n) is 1.11. The van der Waals surface area contributed by atoms with Crippen LogP contribution in [0.5, 0.6) is 0 Å². The van der Waals surface area contributed by atoms with E-state index >= 15 is 0 Å². The molecule has 1 aliphatic rings. The Balaban J connectivity index is 0.000000108. The number of pyridine rings is 1. The number of aliphatic hydroxyl groups excluding tert-OH is 1. The Bertz CT molecular complexity index is 133. The maximum Gasteiger partial charge on any atom is 0.0542 e. The van der Waals surface area contributed by atoms with Gasteiger partial charge in [-0.15, -0.1) is 0 Å². The Morgan fingerprint density at radius 2 is 1.60 bits per heavy atom. The molecule has 0 saturated heterocycles. The second-order valence-corrected chi connectivity index (χ2v) is 2.26. The maximum atomic E-state index is 8.17. The van der Waals surface area contributed by atoms with Gasteiger partial charge in [-0.1, -0.05) is 6.07 Å². The van der Waals surface area contributed by atoms with Crippen molar-refractivity contribution < 1.29 is 5.11 Å². The molecule has 1 aromatic rings. The zero-order chi connectivity index (χ0) is 7.23. The van der Waals surface area contributed by atoms with E-state index in [1.807, 2.05) is 18.2 Å². The van der Waals surface area contributed by atoms with Gasteiger partial charge in [-0.3, -0.25) is 4.98 Å². The van der Waals surface area contributed by atoms with Crippen LogP contribution in [0.25, 0.3) is 0 Å². The first kappa shape index (κ1) is 7.22. The monoisotopic (exact) mass is 137 g/mol. The average Bonchev–Trinajstić information content (AvgIpc) is 2.77. The van der Waals surface area contributed by atoms with Crippen molar-refractivity contribution in [3.63, 3.8) is 0 Å². The highest BCUT2D eigenvalue weighted by atomic mass is 16.3. The molecule has 0 bridgehead atoms. The van der Waals surface area contributed by atoms with Crippen molar-refractivity contribution in [1.29, 1.82) is 0 Å². The van der Waals surface area contributed by atoms with Crippen molar-refractivity contribution in [2.75, 3.05) is 0 Å². The number of aromatic nitrogens is 1. The summed E-state index contributed by atoms with van der Waals surface area (Å²) < 4.78 is 0. The van der Waals surface area contributed by atoms with Crippen LogP contribution in [0.3, 0.4) is 0 Å². The fourth-order valence-corrected chi connectivity index (χ4v) is 0.387. The zero-order valence-corrected chi connectivity index (χ0v) is 5.77. The molecule has 1 heterocycles. The molecule has 0 aliphatic heterocycles. The van der Waals surface area contributed by atoms with Crippen molar-refractivity contribution in [2.24, 2.45) is 0 Å². The lowest BCUT2D eigenvalue weighted by Crippen LogP contribution is -1.65. The van der Waals surface area contributed by atoms with Crippen LogP contribution in [-0.4, -0.2) is 16.2 Å². The maximum absolute atomic E-state index is 8.17. The molecule has 1 aliphatic carbocycles. The van der Waals surface area contributed by atoms with Crippen LogP contribution in [0.4, 0.5) is 0 Å². The van der Waals surface area contributed by atoms with Gasteiger partial charge in [-0.25, -0.2) is 0 Å². The highest BCUT2D eigenvalue weighted by Crippen LogP contribution is 2.16. The minimum Gasteiger partial charge on any atom is -0.393 e. The summed E-state index contributed by atoms with van der Waals surface area (Å²) in [5.41, 5.74) is 0. The van der Waals surface area contributed by atoms with Gasteiger partial charge in [0.25, 0.3) is 0 Å². The van der Waals surface area contributed by atoms with Gasteiger partial charge in [0, 0.05) is 12.4 Å². The molecule has 1 saturated carbocycles. The van der Waals surface area contributed by atoms with Crippen LogP contribution in [0.2, 0.25) is 0 Å². The van der Waals surface area contributed by atoms with Crippen molar-refractivity contribution in [1.82, 2.24) is 4.98 Å². The lowest BCUT2D eigenvalue weighted by molar-refractivity contribution is 0.279.